The van der Waals surface area contributed by atoms with Crippen molar-refractivity contribution in [1.29, 1.82) is 0 Å². The lowest BCUT2D eigenvalue weighted by Crippen LogP contribution is -2.20. The van der Waals surface area contributed by atoms with Crippen LogP contribution < -0.4 is 27.8 Å². The van der Waals surface area contributed by atoms with Gasteiger partial charge in [0.25, 0.3) is 5.91 Å². The van der Waals surface area contributed by atoms with E-state index in [1.54, 1.807) is 35.0 Å². The summed E-state index contributed by atoms with van der Waals surface area (Å²) >= 11 is 0. The second-order valence-electron chi connectivity index (χ2n) is 9.03. The number of hydrogen-bond acceptors (Lipinski definition) is 7. The first kappa shape index (κ1) is 26.9. The maximum Gasteiger partial charge on any atom is 0.276 e. The minimum absolute atomic E-state index is 0.324. The number of fused-ring (bicyclic) bond motifs is 1. The van der Waals surface area contributed by atoms with Crippen molar-refractivity contribution in [3.8, 4) is 0 Å². The summed E-state index contributed by atoms with van der Waals surface area (Å²) in [5.41, 5.74) is 21.8. The smallest absolute Gasteiger partial charge is 0.276 e. The molecule has 0 saturated carbocycles. The van der Waals surface area contributed by atoms with Crippen LogP contribution in [0.3, 0.4) is 0 Å². The molecule has 202 valence electrons. The molecule has 0 unspecified atom stereocenters. The van der Waals surface area contributed by atoms with Gasteiger partial charge < -0.3 is 27.1 Å². The molecule has 12 nitrogen and oxygen atoms in total. The van der Waals surface area contributed by atoms with Crippen LogP contribution in [0.25, 0.3) is 11.0 Å². The number of imidazole rings is 1. The molecule has 12 heteroatoms. The molecular formula is C27H31N9O3. The summed E-state index contributed by atoms with van der Waals surface area (Å²) in [6, 6.07) is 9.86. The van der Waals surface area contributed by atoms with Crippen LogP contribution in [0.5, 0.6) is 0 Å². The zero-order chi connectivity index (χ0) is 28.3. The molecule has 4 rings (SSSR count). The van der Waals surface area contributed by atoms with Crippen molar-refractivity contribution in [2.75, 3.05) is 22.9 Å². The molecule has 2 aromatic carbocycles. The van der Waals surface area contributed by atoms with Gasteiger partial charge in [-0.2, -0.15) is 5.10 Å². The lowest BCUT2D eigenvalue weighted by Gasteiger charge is -2.11. The van der Waals surface area contributed by atoms with Gasteiger partial charge in [-0.15, -0.1) is 0 Å². The Morgan fingerprint density at radius 1 is 1.00 bits per heavy atom. The molecule has 2 heterocycles. The van der Waals surface area contributed by atoms with Crippen LogP contribution in [0.1, 0.15) is 49.4 Å². The molecule has 0 aliphatic heterocycles. The Labute approximate surface area is 224 Å². The summed E-state index contributed by atoms with van der Waals surface area (Å²) in [5, 5.41) is 10.4. The first-order valence-electron chi connectivity index (χ1n) is 12.3. The fourth-order valence-corrected chi connectivity index (χ4v) is 4.34. The van der Waals surface area contributed by atoms with Gasteiger partial charge in [-0.05, 0) is 62.7 Å². The SMILES string of the molecule is CCn1nc(C)cc1C(=O)Nc1nc2cc(C(N)=O)cc(C)c2n1C/C=C/CNc1ccc(C(N)=O)cc1N. The number of benzene rings is 2. The molecule has 3 amide bonds. The van der Waals surface area contributed by atoms with E-state index in [1.807, 2.05) is 37.5 Å². The van der Waals surface area contributed by atoms with E-state index in [1.165, 1.54) is 6.07 Å². The van der Waals surface area contributed by atoms with Crippen LogP contribution >= 0.6 is 0 Å². The number of carbonyl (C=O) groups excluding carboxylic acids is 3. The zero-order valence-corrected chi connectivity index (χ0v) is 22.0. The number of carbonyl (C=O) groups is 3. The molecule has 8 N–H and O–H groups in total. The van der Waals surface area contributed by atoms with Crippen molar-refractivity contribution in [3.63, 3.8) is 0 Å². The van der Waals surface area contributed by atoms with E-state index in [4.69, 9.17) is 17.2 Å². The molecule has 0 fully saturated rings. The van der Waals surface area contributed by atoms with Crippen molar-refractivity contribution >= 4 is 46.1 Å². The Morgan fingerprint density at radius 2 is 1.74 bits per heavy atom. The number of amides is 3. The molecule has 39 heavy (non-hydrogen) atoms. The van der Waals surface area contributed by atoms with E-state index in [2.05, 4.69) is 20.7 Å². The minimum atomic E-state index is -0.559. The number of hydrogen-bond donors (Lipinski definition) is 5. The molecule has 0 aliphatic carbocycles. The standard InChI is InChI=1S/C27H31N9O3/c1-4-36-22(12-16(3)34-36)26(39)33-27-32-21-14-18(25(30)38)11-15(2)23(21)35(27)10-6-5-9-31-20-8-7-17(24(29)37)13-19(20)28/h5-8,11-14,31H,4,9-10,28H2,1-3H3,(H2,29,37)(H2,30,38)(H,32,33,39)/b6-5+. The minimum Gasteiger partial charge on any atom is -0.397 e. The highest BCUT2D eigenvalue weighted by molar-refractivity contribution is 6.04. The third-order valence-electron chi connectivity index (χ3n) is 6.18. The lowest BCUT2D eigenvalue weighted by atomic mass is 10.1. The summed E-state index contributed by atoms with van der Waals surface area (Å²) < 4.78 is 3.49. The number of aromatic nitrogens is 4. The monoisotopic (exact) mass is 529 g/mol. The largest absolute Gasteiger partial charge is 0.397 e. The van der Waals surface area contributed by atoms with E-state index in [-0.39, 0.29) is 5.91 Å². The Morgan fingerprint density at radius 3 is 2.41 bits per heavy atom. The maximum absolute atomic E-state index is 13.2. The highest BCUT2D eigenvalue weighted by Gasteiger charge is 2.19. The normalized spacial score (nSPS) is 11.3. The van der Waals surface area contributed by atoms with Gasteiger partial charge in [-0.1, -0.05) is 12.2 Å². The molecular weight excluding hydrogens is 498 g/mol. The van der Waals surface area contributed by atoms with E-state index < -0.39 is 11.8 Å². The number of nitrogen functional groups attached to an aromatic ring is 1. The van der Waals surface area contributed by atoms with Crippen LogP contribution in [0.2, 0.25) is 0 Å². The number of nitrogens with zero attached hydrogens (tertiary/aromatic N) is 4. The second-order valence-corrected chi connectivity index (χ2v) is 9.03. The Kier molecular flexibility index (Phi) is 7.65. The molecule has 0 aliphatic rings. The molecule has 0 bridgehead atoms. The number of anilines is 3. The van der Waals surface area contributed by atoms with Gasteiger partial charge in [-0.25, -0.2) is 4.98 Å². The van der Waals surface area contributed by atoms with Gasteiger partial charge in [0.2, 0.25) is 17.8 Å². The summed E-state index contributed by atoms with van der Waals surface area (Å²) in [7, 11) is 0. The molecule has 2 aromatic heterocycles. The quantitative estimate of drug-likeness (QED) is 0.154. The Balaban J connectivity index is 1.59. The van der Waals surface area contributed by atoms with E-state index in [0.717, 1.165) is 16.8 Å². The van der Waals surface area contributed by atoms with Crippen LogP contribution in [0.15, 0.2) is 48.6 Å². The summed E-state index contributed by atoms with van der Waals surface area (Å²) in [6.07, 6.45) is 3.82. The van der Waals surface area contributed by atoms with Crippen molar-refractivity contribution < 1.29 is 14.4 Å². The van der Waals surface area contributed by atoms with E-state index in [9.17, 15) is 14.4 Å². The Bertz CT molecular complexity index is 1610. The van der Waals surface area contributed by atoms with Crippen LogP contribution in [-0.2, 0) is 13.1 Å². The Hall–Kier alpha value is -5.13. The highest BCUT2D eigenvalue weighted by Crippen LogP contribution is 2.26. The van der Waals surface area contributed by atoms with Crippen LogP contribution in [0, 0.1) is 13.8 Å². The molecule has 0 spiro atoms. The molecule has 0 atom stereocenters. The first-order chi connectivity index (χ1) is 18.6. The molecule has 4 aromatic rings. The van der Waals surface area contributed by atoms with Crippen LogP contribution in [0.4, 0.5) is 17.3 Å². The van der Waals surface area contributed by atoms with Gasteiger partial charge in [0.05, 0.1) is 28.1 Å². The number of allylic oxidation sites excluding steroid dienone is 1. The highest BCUT2D eigenvalue weighted by atomic mass is 16.2. The molecule has 0 saturated heterocycles. The van der Waals surface area contributed by atoms with Crippen molar-refractivity contribution in [2.24, 2.45) is 11.5 Å². The van der Waals surface area contributed by atoms with E-state index >= 15 is 0 Å². The summed E-state index contributed by atoms with van der Waals surface area (Å²) in [6.45, 7) is 6.97. The number of aryl methyl sites for hydroxylation is 3. The maximum atomic E-state index is 13.2. The predicted octanol–water partition coefficient (Wildman–Crippen LogP) is 2.57. The number of rotatable bonds is 10. The lowest BCUT2D eigenvalue weighted by molar-refractivity contribution is 0.0992. The number of nitrogens with two attached hydrogens (primary N) is 3. The van der Waals surface area contributed by atoms with Crippen molar-refractivity contribution in [2.45, 2.75) is 33.9 Å². The predicted molar refractivity (Wildman–Crippen MR) is 151 cm³/mol. The fourth-order valence-electron chi connectivity index (χ4n) is 4.34. The third-order valence-corrected chi connectivity index (χ3v) is 6.18. The summed E-state index contributed by atoms with van der Waals surface area (Å²) in [4.78, 5) is 40.9. The van der Waals surface area contributed by atoms with Gasteiger partial charge in [-0.3, -0.25) is 24.4 Å². The number of primary amides is 2. The average molecular weight is 530 g/mol. The average Bonchev–Trinajstić information content (AvgIpc) is 3.44. The third kappa shape index (κ3) is 5.74. The first-order valence-corrected chi connectivity index (χ1v) is 12.3. The van der Waals surface area contributed by atoms with Gasteiger partial charge in [0.1, 0.15) is 5.69 Å². The van der Waals surface area contributed by atoms with Crippen molar-refractivity contribution in [3.05, 3.63) is 76.6 Å². The summed E-state index contributed by atoms with van der Waals surface area (Å²) in [5.74, 6) is -1.12. The fraction of sp³-hybridized carbons (Fsp3) is 0.222. The topological polar surface area (TPSA) is 189 Å². The van der Waals surface area contributed by atoms with Crippen LogP contribution in [-0.4, -0.2) is 43.6 Å². The van der Waals surface area contributed by atoms with E-state index in [0.29, 0.717) is 59.3 Å². The number of nitrogens with one attached hydrogen (secondary N) is 2. The van der Waals surface area contributed by atoms with Gasteiger partial charge in [0, 0.05) is 30.8 Å². The second kappa shape index (κ2) is 11.1. The van der Waals surface area contributed by atoms with Crippen molar-refractivity contribution in [1.82, 2.24) is 19.3 Å². The van der Waals surface area contributed by atoms with Gasteiger partial charge >= 0.3 is 0 Å². The zero-order valence-electron chi connectivity index (χ0n) is 22.0. The molecule has 0 radical (unpaired) electrons. The van der Waals surface area contributed by atoms with Gasteiger partial charge in [0.15, 0.2) is 0 Å².